The highest BCUT2D eigenvalue weighted by Gasteiger charge is 2.23. The Bertz CT molecular complexity index is 910. The number of hydrogen-bond donors (Lipinski definition) is 2. The Balaban J connectivity index is 2.13. The highest BCUT2D eigenvalue weighted by Crippen LogP contribution is 2.24. The highest BCUT2D eigenvalue weighted by molar-refractivity contribution is 7.98. The molecule has 0 spiro atoms. The molecule has 158 valence electrons. The van der Waals surface area contributed by atoms with Crippen molar-refractivity contribution in [2.75, 3.05) is 12.0 Å². The predicted octanol–water partition coefficient (Wildman–Crippen LogP) is 3.23. The fourth-order valence-electron chi connectivity index (χ4n) is 2.90. The average molecular weight is 422 g/mol. The molecule has 0 aliphatic carbocycles. The van der Waals surface area contributed by atoms with Crippen LogP contribution in [0.4, 0.5) is 0 Å². The molecule has 1 aromatic carbocycles. The maximum atomic E-state index is 12.3. The molecule has 0 saturated heterocycles. The molecular formula is C21H27NO6S. The second-order valence-electron chi connectivity index (χ2n) is 6.79. The third kappa shape index (κ3) is 6.52. The van der Waals surface area contributed by atoms with Gasteiger partial charge in [-0.2, -0.15) is 11.8 Å². The first kappa shape index (κ1) is 22.8. The Labute approximate surface area is 173 Å². The van der Waals surface area contributed by atoms with E-state index in [2.05, 4.69) is 12.2 Å². The van der Waals surface area contributed by atoms with E-state index in [1.807, 2.05) is 12.3 Å². The van der Waals surface area contributed by atoms with Crippen molar-refractivity contribution >= 4 is 34.6 Å². The highest BCUT2D eigenvalue weighted by atomic mass is 32.2. The van der Waals surface area contributed by atoms with E-state index in [9.17, 15) is 19.5 Å². The van der Waals surface area contributed by atoms with Crippen molar-refractivity contribution in [1.82, 2.24) is 5.32 Å². The van der Waals surface area contributed by atoms with Crippen LogP contribution in [-0.2, 0) is 16.0 Å². The van der Waals surface area contributed by atoms with Crippen molar-refractivity contribution in [2.24, 2.45) is 0 Å². The summed E-state index contributed by atoms with van der Waals surface area (Å²) in [6.45, 7) is 3.63. The van der Waals surface area contributed by atoms with Gasteiger partial charge >= 0.3 is 11.6 Å². The number of rotatable bonds is 11. The molecule has 0 fully saturated rings. The molecule has 0 saturated carbocycles. The minimum absolute atomic E-state index is 0.330. The van der Waals surface area contributed by atoms with E-state index in [1.165, 1.54) is 17.8 Å². The van der Waals surface area contributed by atoms with Crippen LogP contribution in [0.1, 0.15) is 38.7 Å². The molecule has 29 heavy (non-hydrogen) atoms. The lowest BCUT2D eigenvalue weighted by molar-refractivity contribution is -0.142. The number of aryl methyl sites for hydroxylation is 1. The van der Waals surface area contributed by atoms with Gasteiger partial charge in [0.1, 0.15) is 17.4 Å². The summed E-state index contributed by atoms with van der Waals surface area (Å²) in [6, 6.07) is 5.65. The number of thioether (sulfide) groups is 1. The monoisotopic (exact) mass is 421 g/mol. The SMILES string of the molecule is CCCCc1cc(=O)oc2cc(O[C@@H](C)C(=O)N[C@@H](CCSC)C(=O)O)ccc12. The van der Waals surface area contributed by atoms with Crippen molar-refractivity contribution in [3.8, 4) is 5.75 Å². The number of nitrogens with one attached hydrogen (secondary N) is 1. The van der Waals surface area contributed by atoms with Gasteiger partial charge < -0.3 is 19.6 Å². The first-order valence-electron chi connectivity index (χ1n) is 9.61. The number of carboxylic acids is 1. The molecule has 7 nitrogen and oxygen atoms in total. The first-order valence-corrected chi connectivity index (χ1v) is 11.0. The topological polar surface area (TPSA) is 106 Å². The average Bonchev–Trinajstić information content (AvgIpc) is 2.68. The lowest BCUT2D eigenvalue weighted by Gasteiger charge is -2.19. The van der Waals surface area contributed by atoms with Crippen LogP contribution in [0, 0.1) is 0 Å². The molecule has 2 rings (SSSR count). The van der Waals surface area contributed by atoms with E-state index in [1.54, 1.807) is 19.1 Å². The van der Waals surface area contributed by atoms with Crippen molar-refractivity contribution in [3.05, 3.63) is 40.2 Å². The van der Waals surface area contributed by atoms with Gasteiger partial charge in [-0.05, 0) is 55.9 Å². The van der Waals surface area contributed by atoms with Gasteiger partial charge in [0.25, 0.3) is 5.91 Å². The molecule has 0 aliphatic rings. The largest absolute Gasteiger partial charge is 0.481 e. The molecule has 0 bridgehead atoms. The zero-order valence-corrected chi connectivity index (χ0v) is 17.7. The Morgan fingerprint density at radius 1 is 1.31 bits per heavy atom. The zero-order valence-electron chi connectivity index (χ0n) is 16.9. The van der Waals surface area contributed by atoms with E-state index < -0.39 is 29.6 Å². The number of carboxylic acid groups (broad SMARTS) is 1. The van der Waals surface area contributed by atoms with Gasteiger partial charge in [-0.1, -0.05) is 13.3 Å². The molecule has 1 aromatic heterocycles. The smallest absolute Gasteiger partial charge is 0.336 e. The molecule has 2 N–H and O–H groups in total. The number of hydrogen-bond acceptors (Lipinski definition) is 6. The van der Waals surface area contributed by atoms with Crippen LogP contribution in [0.3, 0.4) is 0 Å². The third-order valence-electron chi connectivity index (χ3n) is 4.51. The second kappa shape index (κ2) is 10.9. The minimum Gasteiger partial charge on any atom is -0.481 e. The van der Waals surface area contributed by atoms with Gasteiger partial charge in [-0.15, -0.1) is 0 Å². The van der Waals surface area contributed by atoms with Crippen molar-refractivity contribution in [1.29, 1.82) is 0 Å². The summed E-state index contributed by atoms with van der Waals surface area (Å²) in [5.41, 5.74) is 0.898. The fourth-order valence-corrected chi connectivity index (χ4v) is 3.37. The second-order valence-corrected chi connectivity index (χ2v) is 7.78. The molecule has 2 atom stereocenters. The van der Waals surface area contributed by atoms with Gasteiger partial charge in [0.15, 0.2) is 6.10 Å². The van der Waals surface area contributed by atoms with E-state index in [-0.39, 0.29) is 0 Å². The number of unbranched alkanes of at least 4 members (excludes halogenated alkanes) is 1. The summed E-state index contributed by atoms with van der Waals surface area (Å²) in [7, 11) is 0. The van der Waals surface area contributed by atoms with Gasteiger partial charge in [0.05, 0.1) is 0 Å². The quantitative estimate of drug-likeness (QED) is 0.537. The van der Waals surface area contributed by atoms with Gasteiger partial charge in [-0.3, -0.25) is 4.79 Å². The van der Waals surface area contributed by atoms with Crippen molar-refractivity contribution in [2.45, 2.75) is 51.7 Å². The van der Waals surface area contributed by atoms with E-state index in [0.29, 0.717) is 23.5 Å². The fraction of sp³-hybridized carbons (Fsp3) is 0.476. The summed E-state index contributed by atoms with van der Waals surface area (Å²) in [5.74, 6) is -0.605. The standard InChI is InChI=1S/C21H27NO6S/c1-4-5-6-14-11-19(23)28-18-12-15(7-8-16(14)18)27-13(2)20(24)22-17(21(25)26)9-10-29-3/h7-8,11-13,17H,4-6,9-10H2,1-3H3,(H,22,24)(H,25,26)/t13-,17-/m0/s1. The minimum atomic E-state index is -1.08. The Hall–Kier alpha value is -2.48. The maximum absolute atomic E-state index is 12.3. The van der Waals surface area contributed by atoms with Crippen LogP contribution >= 0.6 is 11.8 Å². The van der Waals surface area contributed by atoms with E-state index in [4.69, 9.17) is 9.15 Å². The Morgan fingerprint density at radius 3 is 2.72 bits per heavy atom. The molecule has 1 heterocycles. The summed E-state index contributed by atoms with van der Waals surface area (Å²) in [6.07, 6.45) is 4.07. The van der Waals surface area contributed by atoms with Crippen LogP contribution < -0.4 is 15.7 Å². The lowest BCUT2D eigenvalue weighted by atomic mass is 10.0. The number of carbonyl (C=O) groups is 2. The molecule has 8 heteroatoms. The Kier molecular flexibility index (Phi) is 8.57. The number of aliphatic carboxylic acids is 1. The molecule has 1 amide bonds. The first-order chi connectivity index (χ1) is 13.8. The molecular weight excluding hydrogens is 394 g/mol. The zero-order chi connectivity index (χ0) is 21.4. The molecule has 0 aliphatic heterocycles. The number of benzene rings is 1. The maximum Gasteiger partial charge on any atom is 0.336 e. The molecule has 2 aromatic rings. The number of carbonyl (C=O) groups excluding carboxylic acids is 1. The van der Waals surface area contributed by atoms with Crippen molar-refractivity contribution in [3.63, 3.8) is 0 Å². The number of fused-ring (bicyclic) bond motifs is 1. The van der Waals surface area contributed by atoms with Crippen LogP contribution in [-0.4, -0.2) is 41.1 Å². The third-order valence-corrected chi connectivity index (χ3v) is 5.15. The normalized spacial score (nSPS) is 13.1. The van der Waals surface area contributed by atoms with E-state index in [0.717, 1.165) is 30.2 Å². The van der Waals surface area contributed by atoms with Gasteiger partial charge in [-0.25, -0.2) is 9.59 Å². The number of ether oxygens (including phenoxy) is 1. The summed E-state index contributed by atoms with van der Waals surface area (Å²) >= 11 is 1.51. The summed E-state index contributed by atoms with van der Waals surface area (Å²) < 4.78 is 10.9. The van der Waals surface area contributed by atoms with Gasteiger partial charge in [0.2, 0.25) is 0 Å². The molecule has 0 radical (unpaired) electrons. The van der Waals surface area contributed by atoms with Crippen LogP contribution in [0.15, 0.2) is 33.5 Å². The van der Waals surface area contributed by atoms with Gasteiger partial charge in [0, 0.05) is 17.5 Å². The predicted molar refractivity (Wildman–Crippen MR) is 114 cm³/mol. The summed E-state index contributed by atoms with van der Waals surface area (Å²) in [5, 5.41) is 12.6. The van der Waals surface area contributed by atoms with Crippen molar-refractivity contribution < 1.29 is 23.8 Å². The Morgan fingerprint density at radius 2 is 2.07 bits per heavy atom. The molecule has 0 unspecified atom stereocenters. The van der Waals surface area contributed by atoms with Crippen LogP contribution in [0.25, 0.3) is 11.0 Å². The van der Waals surface area contributed by atoms with Crippen LogP contribution in [0.2, 0.25) is 0 Å². The number of amides is 1. The van der Waals surface area contributed by atoms with Crippen LogP contribution in [0.5, 0.6) is 5.75 Å². The lowest BCUT2D eigenvalue weighted by Crippen LogP contribution is -2.46. The van der Waals surface area contributed by atoms with E-state index >= 15 is 0 Å². The summed E-state index contributed by atoms with van der Waals surface area (Å²) in [4.78, 5) is 35.5.